The van der Waals surface area contributed by atoms with Gasteiger partial charge in [-0.15, -0.1) is 0 Å². The summed E-state index contributed by atoms with van der Waals surface area (Å²) in [6.07, 6.45) is 0.390. The highest BCUT2D eigenvalue weighted by Crippen LogP contribution is 2.29. The van der Waals surface area contributed by atoms with E-state index in [9.17, 15) is 26.7 Å². The van der Waals surface area contributed by atoms with Crippen LogP contribution in [0.25, 0.3) is 0 Å². The van der Waals surface area contributed by atoms with E-state index in [2.05, 4.69) is 5.32 Å². The summed E-state index contributed by atoms with van der Waals surface area (Å²) in [5.41, 5.74) is 0.0643. The molecule has 2 N–H and O–H groups in total. The first-order valence-corrected chi connectivity index (χ1v) is 13.6. The molecule has 1 unspecified atom stereocenters. The van der Waals surface area contributed by atoms with Crippen molar-refractivity contribution in [1.82, 2.24) is 5.32 Å². The van der Waals surface area contributed by atoms with Gasteiger partial charge in [-0.1, -0.05) is 0 Å². The Hall–Kier alpha value is -1.49. The van der Waals surface area contributed by atoms with E-state index in [-0.39, 0.29) is 27.9 Å². The predicted molar refractivity (Wildman–Crippen MR) is 119 cm³/mol. The lowest BCUT2D eigenvalue weighted by molar-refractivity contribution is -0.143. The number of unbranched alkanes of at least 4 members (excludes halogenated alkanes) is 1. The zero-order valence-corrected chi connectivity index (χ0v) is 20.6. The number of aliphatic hydroxyl groups is 1. The Kier molecular flexibility index (Phi) is 10.6. The fourth-order valence-corrected chi connectivity index (χ4v) is 5.23. The lowest BCUT2D eigenvalue weighted by atomic mass is 10.1. The first kappa shape index (κ1) is 27.5. The van der Waals surface area contributed by atoms with Crippen LogP contribution in [-0.2, 0) is 29.2 Å². The van der Waals surface area contributed by atoms with Crippen molar-refractivity contribution >= 4 is 25.6 Å². The van der Waals surface area contributed by atoms with E-state index in [0.717, 1.165) is 0 Å². The molecular formula is C21H35NO7S2. The molecule has 0 aliphatic carbocycles. The lowest BCUT2D eigenvalue weighted by Gasteiger charge is -2.20. The fraction of sp³-hybridized carbons (Fsp3) is 0.667. The number of hydrogen-bond acceptors (Lipinski definition) is 8. The zero-order chi connectivity index (χ0) is 23.8. The van der Waals surface area contributed by atoms with Crippen LogP contribution in [0, 0.1) is 0 Å². The predicted octanol–water partition coefficient (Wildman–Crippen LogP) is 2.41. The fourth-order valence-electron chi connectivity index (χ4n) is 2.85. The third kappa shape index (κ3) is 7.55. The third-order valence-electron chi connectivity index (χ3n) is 4.84. The standard InChI is InChI=1S/C21H35NO7S2/c1-6-29-21(24)9-7-8-12-22-14-19(23)18-13-17(30(25,26)15(2)3)10-11-20(18)31(27,28)16(4)5/h10-11,13,15-16,19,22-23H,6-9,12,14H2,1-5H3. The number of sulfone groups is 2. The highest BCUT2D eigenvalue weighted by molar-refractivity contribution is 7.92. The Morgan fingerprint density at radius 2 is 1.65 bits per heavy atom. The number of esters is 1. The van der Waals surface area contributed by atoms with Crippen molar-refractivity contribution in [3.05, 3.63) is 23.8 Å². The number of hydrogen-bond donors (Lipinski definition) is 2. The Balaban J connectivity index is 2.99. The van der Waals surface area contributed by atoms with Crippen molar-refractivity contribution in [2.24, 2.45) is 0 Å². The minimum absolute atomic E-state index is 0.0197. The molecule has 0 amide bonds. The average Bonchev–Trinajstić information content (AvgIpc) is 2.69. The molecule has 0 fully saturated rings. The summed E-state index contributed by atoms with van der Waals surface area (Å²) in [5.74, 6) is -0.255. The number of nitrogens with one attached hydrogen (secondary N) is 1. The number of carbonyl (C=O) groups is 1. The summed E-state index contributed by atoms with van der Waals surface area (Å²) in [6, 6.07) is 3.81. The van der Waals surface area contributed by atoms with Crippen molar-refractivity contribution < 1.29 is 31.5 Å². The molecule has 0 aromatic heterocycles. The van der Waals surface area contributed by atoms with Gasteiger partial charge in [-0.05, 0) is 72.2 Å². The van der Waals surface area contributed by atoms with Gasteiger partial charge in [0.25, 0.3) is 0 Å². The second kappa shape index (κ2) is 11.9. The monoisotopic (exact) mass is 477 g/mol. The van der Waals surface area contributed by atoms with Gasteiger partial charge in [0.2, 0.25) is 0 Å². The zero-order valence-electron chi connectivity index (χ0n) is 18.9. The lowest BCUT2D eigenvalue weighted by Crippen LogP contribution is -2.25. The van der Waals surface area contributed by atoms with Gasteiger partial charge in [-0.2, -0.15) is 0 Å². The van der Waals surface area contributed by atoms with Crippen molar-refractivity contribution in [2.75, 3.05) is 19.7 Å². The van der Waals surface area contributed by atoms with Crippen LogP contribution in [0.5, 0.6) is 0 Å². The van der Waals surface area contributed by atoms with Gasteiger partial charge < -0.3 is 15.2 Å². The van der Waals surface area contributed by atoms with Crippen molar-refractivity contribution in [3.63, 3.8) is 0 Å². The molecule has 0 radical (unpaired) electrons. The Morgan fingerprint density at radius 1 is 1.03 bits per heavy atom. The topological polar surface area (TPSA) is 127 Å². The summed E-state index contributed by atoms with van der Waals surface area (Å²) in [6.45, 7) is 8.80. The normalized spacial score (nSPS) is 13.5. The second-order valence-electron chi connectivity index (χ2n) is 7.87. The summed E-state index contributed by atoms with van der Waals surface area (Å²) < 4.78 is 55.5. The molecule has 1 atom stereocenters. The first-order chi connectivity index (χ1) is 14.4. The molecule has 10 heteroatoms. The number of benzene rings is 1. The third-order valence-corrected chi connectivity index (χ3v) is 9.22. The number of ether oxygens (including phenoxy) is 1. The molecule has 8 nitrogen and oxygen atoms in total. The van der Waals surface area contributed by atoms with Crippen LogP contribution in [0.4, 0.5) is 0 Å². The molecule has 0 spiro atoms. The largest absolute Gasteiger partial charge is 0.466 e. The summed E-state index contributed by atoms with van der Waals surface area (Å²) in [5, 5.41) is 12.3. The molecular weight excluding hydrogens is 442 g/mol. The molecule has 178 valence electrons. The van der Waals surface area contributed by atoms with Gasteiger partial charge >= 0.3 is 5.97 Å². The average molecular weight is 478 g/mol. The minimum Gasteiger partial charge on any atom is -0.466 e. The Morgan fingerprint density at radius 3 is 2.19 bits per heavy atom. The number of aliphatic hydroxyl groups excluding tert-OH is 1. The van der Waals surface area contributed by atoms with Crippen LogP contribution in [0.3, 0.4) is 0 Å². The molecule has 0 aliphatic heterocycles. The number of carbonyl (C=O) groups excluding carboxylic acids is 1. The molecule has 31 heavy (non-hydrogen) atoms. The highest BCUT2D eigenvalue weighted by Gasteiger charge is 2.28. The van der Waals surface area contributed by atoms with Gasteiger partial charge in [0, 0.05) is 18.5 Å². The van der Waals surface area contributed by atoms with E-state index in [1.165, 1.54) is 32.0 Å². The number of rotatable bonds is 13. The van der Waals surface area contributed by atoms with E-state index in [1.54, 1.807) is 20.8 Å². The van der Waals surface area contributed by atoms with Crippen LogP contribution in [0.2, 0.25) is 0 Å². The van der Waals surface area contributed by atoms with Crippen LogP contribution < -0.4 is 5.32 Å². The molecule has 0 heterocycles. The SMILES string of the molecule is CCOC(=O)CCCCNCC(O)c1cc(S(=O)(=O)C(C)C)ccc1S(=O)(=O)C(C)C. The maximum Gasteiger partial charge on any atom is 0.305 e. The second-order valence-corrected chi connectivity index (χ2v) is 12.8. The molecule has 0 saturated carbocycles. The summed E-state index contributed by atoms with van der Waals surface area (Å²) in [7, 11) is -7.35. The van der Waals surface area contributed by atoms with Crippen molar-refractivity contribution in [1.29, 1.82) is 0 Å². The van der Waals surface area contributed by atoms with Gasteiger partial charge in [-0.25, -0.2) is 16.8 Å². The first-order valence-electron chi connectivity index (χ1n) is 10.5. The summed E-state index contributed by atoms with van der Waals surface area (Å²) >= 11 is 0. The maximum absolute atomic E-state index is 12.8. The van der Waals surface area contributed by atoms with Crippen LogP contribution in [0.1, 0.15) is 65.5 Å². The van der Waals surface area contributed by atoms with E-state index in [0.29, 0.717) is 32.4 Å². The van der Waals surface area contributed by atoms with E-state index in [4.69, 9.17) is 4.74 Å². The van der Waals surface area contributed by atoms with Crippen LogP contribution >= 0.6 is 0 Å². The molecule has 1 rings (SSSR count). The molecule has 0 saturated heterocycles. The van der Waals surface area contributed by atoms with E-state index < -0.39 is 36.3 Å². The van der Waals surface area contributed by atoms with Crippen LogP contribution in [-0.4, -0.2) is 58.1 Å². The molecule has 0 bridgehead atoms. The Labute approximate surface area is 186 Å². The van der Waals surface area contributed by atoms with Gasteiger partial charge in [-0.3, -0.25) is 4.79 Å². The van der Waals surface area contributed by atoms with Crippen molar-refractivity contribution in [3.8, 4) is 0 Å². The van der Waals surface area contributed by atoms with Gasteiger partial charge in [0.1, 0.15) is 0 Å². The highest BCUT2D eigenvalue weighted by atomic mass is 32.2. The van der Waals surface area contributed by atoms with Gasteiger partial charge in [0.05, 0.1) is 33.0 Å². The maximum atomic E-state index is 12.8. The van der Waals surface area contributed by atoms with Gasteiger partial charge in [0.15, 0.2) is 19.7 Å². The van der Waals surface area contributed by atoms with E-state index >= 15 is 0 Å². The minimum atomic E-state index is -3.72. The molecule has 0 aliphatic rings. The summed E-state index contributed by atoms with van der Waals surface area (Å²) in [4.78, 5) is 11.2. The Bertz CT molecular complexity index is 938. The smallest absolute Gasteiger partial charge is 0.305 e. The van der Waals surface area contributed by atoms with E-state index in [1.807, 2.05) is 0 Å². The van der Waals surface area contributed by atoms with Crippen LogP contribution in [0.15, 0.2) is 28.0 Å². The molecule has 1 aromatic rings. The van der Waals surface area contributed by atoms with Crippen molar-refractivity contribution in [2.45, 2.75) is 80.3 Å². The quantitative estimate of drug-likeness (QED) is 0.328. The molecule has 1 aromatic carbocycles.